The molecule has 2 atom stereocenters. The number of piperidine rings is 1. The van der Waals surface area contributed by atoms with Crippen molar-refractivity contribution >= 4 is 5.91 Å². The third-order valence-electron chi connectivity index (χ3n) is 4.11. The van der Waals surface area contributed by atoms with E-state index in [2.05, 4.69) is 24.2 Å². The van der Waals surface area contributed by atoms with Gasteiger partial charge in [0, 0.05) is 25.7 Å². The predicted molar refractivity (Wildman–Crippen MR) is 73.5 cm³/mol. The van der Waals surface area contributed by atoms with Crippen molar-refractivity contribution < 1.29 is 4.79 Å². The maximum atomic E-state index is 12.2. The van der Waals surface area contributed by atoms with Crippen LogP contribution in [-0.4, -0.2) is 61.5 Å². The summed E-state index contributed by atoms with van der Waals surface area (Å²) in [5, 5.41) is 3.48. The second-order valence-corrected chi connectivity index (χ2v) is 6.08. The van der Waals surface area contributed by atoms with E-state index in [1.165, 1.54) is 25.7 Å². The molecule has 2 saturated heterocycles. The summed E-state index contributed by atoms with van der Waals surface area (Å²) in [6, 6.07) is 0.586. The van der Waals surface area contributed by atoms with Crippen LogP contribution in [0.5, 0.6) is 0 Å². The average molecular weight is 253 g/mol. The zero-order valence-electron chi connectivity index (χ0n) is 11.8. The molecule has 0 saturated carbocycles. The van der Waals surface area contributed by atoms with Crippen molar-refractivity contribution in [2.45, 2.75) is 38.6 Å². The molecule has 0 spiro atoms. The minimum atomic E-state index is 0.307. The quantitative estimate of drug-likeness (QED) is 0.809. The number of rotatable bonds is 4. The highest BCUT2D eigenvalue weighted by Gasteiger charge is 2.23. The smallest absolute Gasteiger partial charge is 0.236 e. The van der Waals surface area contributed by atoms with Crippen LogP contribution in [0.1, 0.15) is 32.6 Å². The Bertz CT molecular complexity index is 276. The van der Waals surface area contributed by atoms with Crippen molar-refractivity contribution in [3.05, 3.63) is 0 Å². The fourth-order valence-electron chi connectivity index (χ4n) is 3.10. The van der Waals surface area contributed by atoms with Crippen LogP contribution in [0.2, 0.25) is 0 Å². The van der Waals surface area contributed by atoms with Gasteiger partial charge in [0.05, 0.1) is 6.54 Å². The van der Waals surface area contributed by atoms with E-state index < -0.39 is 0 Å². The van der Waals surface area contributed by atoms with Gasteiger partial charge < -0.3 is 10.2 Å². The first-order valence-corrected chi connectivity index (χ1v) is 7.35. The van der Waals surface area contributed by atoms with Crippen LogP contribution in [0.4, 0.5) is 0 Å². The Labute approximate surface area is 111 Å². The second kappa shape index (κ2) is 6.53. The lowest BCUT2D eigenvalue weighted by molar-refractivity contribution is -0.133. The molecule has 4 heteroatoms. The molecule has 0 aromatic rings. The summed E-state index contributed by atoms with van der Waals surface area (Å²) in [6.45, 7) is 6.86. The van der Waals surface area contributed by atoms with Gasteiger partial charge >= 0.3 is 0 Å². The predicted octanol–water partition coefficient (Wildman–Crippen LogP) is 0.929. The zero-order chi connectivity index (χ0) is 13.0. The molecular weight excluding hydrogens is 226 g/mol. The molecule has 4 nitrogen and oxygen atoms in total. The van der Waals surface area contributed by atoms with Gasteiger partial charge in [0.15, 0.2) is 0 Å². The third-order valence-corrected chi connectivity index (χ3v) is 4.11. The van der Waals surface area contributed by atoms with E-state index in [-0.39, 0.29) is 0 Å². The lowest BCUT2D eigenvalue weighted by atomic mass is 10.0. The molecule has 0 aromatic heterocycles. The molecule has 1 N–H and O–H groups in total. The van der Waals surface area contributed by atoms with Gasteiger partial charge in [-0.3, -0.25) is 9.69 Å². The van der Waals surface area contributed by atoms with Crippen LogP contribution in [0.15, 0.2) is 0 Å². The molecule has 18 heavy (non-hydrogen) atoms. The van der Waals surface area contributed by atoms with Gasteiger partial charge in [0.2, 0.25) is 5.91 Å². The first-order valence-electron chi connectivity index (χ1n) is 7.35. The Morgan fingerprint density at radius 2 is 2.22 bits per heavy atom. The van der Waals surface area contributed by atoms with Crippen LogP contribution >= 0.6 is 0 Å². The van der Waals surface area contributed by atoms with Crippen molar-refractivity contribution in [3.63, 3.8) is 0 Å². The third kappa shape index (κ3) is 3.95. The molecule has 2 fully saturated rings. The van der Waals surface area contributed by atoms with Gasteiger partial charge in [-0.15, -0.1) is 0 Å². The van der Waals surface area contributed by atoms with Crippen molar-refractivity contribution in [1.29, 1.82) is 0 Å². The SMILES string of the molecule is CC1CCCN(C(=O)CN(C)CC2CCCN2)C1. The van der Waals surface area contributed by atoms with Crippen molar-refractivity contribution in [2.75, 3.05) is 39.8 Å². The van der Waals surface area contributed by atoms with Crippen LogP contribution in [-0.2, 0) is 4.79 Å². The molecule has 2 aliphatic rings. The summed E-state index contributed by atoms with van der Waals surface area (Å²) in [7, 11) is 2.06. The van der Waals surface area contributed by atoms with Crippen LogP contribution < -0.4 is 5.32 Å². The molecule has 2 unspecified atom stereocenters. The van der Waals surface area contributed by atoms with Gasteiger partial charge in [-0.05, 0) is 45.2 Å². The standard InChI is InChI=1S/C14H27N3O/c1-12-5-4-8-17(9-12)14(18)11-16(2)10-13-6-3-7-15-13/h12-13,15H,3-11H2,1-2H3. The lowest BCUT2D eigenvalue weighted by Crippen LogP contribution is -2.46. The highest BCUT2D eigenvalue weighted by Crippen LogP contribution is 2.15. The van der Waals surface area contributed by atoms with Gasteiger partial charge in [0.25, 0.3) is 0 Å². The number of amides is 1. The Morgan fingerprint density at radius 3 is 2.89 bits per heavy atom. The maximum Gasteiger partial charge on any atom is 0.236 e. The summed E-state index contributed by atoms with van der Waals surface area (Å²) in [5.74, 6) is 0.978. The van der Waals surface area contributed by atoms with Crippen molar-refractivity contribution in [2.24, 2.45) is 5.92 Å². The molecule has 0 aliphatic carbocycles. The van der Waals surface area contributed by atoms with E-state index >= 15 is 0 Å². The van der Waals surface area contributed by atoms with E-state index in [4.69, 9.17) is 0 Å². The highest BCUT2D eigenvalue weighted by molar-refractivity contribution is 5.78. The van der Waals surface area contributed by atoms with Crippen LogP contribution in [0.25, 0.3) is 0 Å². The Balaban J connectivity index is 1.72. The van der Waals surface area contributed by atoms with Gasteiger partial charge in [-0.1, -0.05) is 6.92 Å². The topological polar surface area (TPSA) is 35.6 Å². The second-order valence-electron chi connectivity index (χ2n) is 6.08. The van der Waals surface area contributed by atoms with Crippen molar-refractivity contribution in [1.82, 2.24) is 15.1 Å². The molecule has 0 bridgehead atoms. The first-order chi connectivity index (χ1) is 8.65. The van der Waals surface area contributed by atoms with E-state index in [9.17, 15) is 4.79 Å². The largest absolute Gasteiger partial charge is 0.341 e. The fraction of sp³-hybridized carbons (Fsp3) is 0.929. The van der Waals surface area contributed by atoms with E-state index in [1.54, 1.807) is 0 Å². The Morgan fingerprint density at radius 1 is 1.39 bits per heavy atom. The molecule has 0 aromatic carbocycles. The molecule has 0 radical (unpaired) electrons. The van der Waals surface area contributed by atoms with E-state index in [0.717, 1.165) is 26.2 Å². The normalized spacial score (nSPS) is 28.9. The summed E-state index contributed by atoms with van der Waals surface area (Å²) < 4.78 is 0. The Hall–Kier alpha value is -0.610. The number of likely N-dealkylation sites (tertiary alicyclic amines) is 1. The van der Waals surface area contributed by atoms with Crippen molar-refractivity contribution in [3.8, 4) is 0 Å². The monoisotopic (exact) mass is 253 g/mol. The summed E-state index contributed by atoms with van der Waals surface area (Å²) in [4.78, 5) is 16.4. The number of nitrogens with zero attached hydrogens (tertiary/aromatic N) is 2. The number of carbonyl (C=O) groups excluding carboxylic acids is 1. The highest BCUT2D eigenvalue weighted by atomic mass is 16.2. The molecule has 104 valence electrons. The number of nitrogens with one attached hydrogen (secondary N) is 1. The van der Waals surface area contributed by atoms with E-state index in [1.807, 2.05) is 4.90 Å². The van der Waals surface area contributed by atoms with Crippen LogP contribution in [0, 0.1) is 5.92 Å². The van der Waals surface area contributed by atoms with Crippen LogP contribution in [0.3, 0.4) is 0 Å². The summed E-state index contributed by atoms with van der Waals surface area (Å²) in [5.41, 5.74) is 0. The lowest BCUT2D eigenvalue weighted by Gasteiger charge is -2.32. The number of hydrogen-bond acceptors (Lipinski definition) is 3. The summed E-state index contributed by atoms with van der Waals surface area (Å²) in [6.07, 6.45) is 4.96. The molecule has 2 heterocycles. The maximum absolute atomic E-state index is 12.2. The fourth-order valence-corrected chi connectivity index (χ4v) is 3.10. The minimum Gasteiger partial charge on any atom is -0.341 e. The minimum absolute atomic E-state index is 0.307. The molecule has 1 amide bonds. The van der Waals surface area contributed by atoms with Gasteiger partial charge in [-0.25, -0.2) is 0 Å². The van der Waals surface area contributed by atoms with Gasteiger partial charge in [0.1, 0.15) is 0 Å². The number of hydrogen-bond donors (Lipinski definition) is 1. The number of likely N-dealkylation sites (N-methyl/N-ethyl adjacent to an activating group) is 1. The zero-order valence-corrected chi connectivity index (χ0v) is 11.8. The Kier molecular flexibility index (Phi) is 5.01. The molecule has 2 aliphatic heterocycles. The molecular formula is C14H27N3O. The number of carbonyl (C=O) groups is 1. The first kappa shape index (κ1) is 13.8. The summed E-state index contributed by atoms with van der Waals surface area (Å²) >= 11 is 0. The molecule has 2 rings (SSSR count). The average Bonchev–Trinajstić information content (AvgIpc) is 2.81. The van der Waals surface area contributed by atoms with Gasteiger partial charge in [-0.2, -0.15) is 0 Å². The van der Waals surface area contributed by atoms with E-state index in [0.29, 0.717) is 24.4 Å².